The van der Waals surface area contributed by atoms with Crippen molar-refractivity contribution >= 4 is 33.3 Å². The van der Waals surface area contributed by atoms with Gasteiger partial charge in [0, 0.05) is 40.8 Å². The predicted octanol–water partition coefficient (Wildman–Crippen LogP) is 9.56. The Bertz CT molecular complexity index is 1980. The van der Waals surface area contributed by atoms with E-state index in [-0.39, 0.29) is 11.5 Å². The first-order chi connectivity index (χ1) is 21.3. The third-order valence-electron chi connectivity index (χ3n) is 8.58. The molecule has 6 aromatic rings. The molecule has 0 saturated heterocycles. The second-order valence-electron chi connectivity index (χ2n) is 13.0. The van der Waals surface area contributed by atoms with Crippen molar-refractivity contribution in [3.63, 3.8) is 0 Å². The van der Waals surface area contributed by atoms with Crippen molar-refractivity contribution in [3.05, 3.63) is 127 Å². The zero-order valence-corrected chi connectivity index (χ0v) is 26.0. The van der Waals surface area contributed by atoms with Crippen LogP contribution >= 0.6 is 0 Å². The van der Waals surface area contributed by atoms with Gasteiger partial charge >= 0.3 is 0 Å². The van der Waals surface area contributed by atoms with E-state index in [1.807, 2.05) is 30.5 Å². The topological polar surface area (TPSA) is 42.6 Å². The summed E-state index contributed by atoms with van der Waals surface area (Å²) in [5.74, 6) is 3.87. The average molecular weight is 579 g/mol. The molecule has 1 unspecified atom stereocenters. The number of ether oxygens (including phenoxy) is 1. The van der Waals surface area contributed by atoms with Crippen molar-refractivity contribution < 1.29 is 4.74 Å². The molecule has 1 aliphatic heterocycles. The van der Waals surface area contributed by atoms with E-state index in [1.54, 1.807) is 0 Å². The lowest BCUT2D eigenvalue weighted by molar-refractivity contribution is 0.483. The third-order valence-corrected chi connectivity index (χ3v) is 8.58. The van der Waals surface area contributed by atoms with E-state index in [9.17, 15) is 0 Å². The second kappa shape index (κ2) is 11.0. The van der Waals surface area contributed by atoms with Crippen molar-refractivity contribution in [1.29, 1.82) is 0 Å². The van der Waals surface area contributed by atoms with Crippen molar-refractivity contribution in [2.24, 2.45) is 10.9 Å². The van der Waals surface area contributed by atoms with E-state index in [4.69, 9.17) is 9.73 Å². The van der Waals surface area contributed by atoms with Crippen molar-refractivity contribution in [1.82, 2.24) is 9.55 Å². The molecule has 0 N–H and O–H groups in total. The molecule has 4 aromatic carbocycles. The highest BCUT2D eigenvalue weighted by molar-refractivity contribution is 6.12. The Hall–Kier alpha value is -4.90. The van der Waals surface area contributed by atoms with Gasteiger partial charge in [-0.05, 0) is 71.5 Å². The standard InChI is InChI=1S/C39H38N4O/c1-26(2)34-25-42(29-18-16-28(17-19-29)39(3,4)5)38(41-34)27-11-10-12-30(23-27)44-31-20-21-33-32-13-6-7-14-35(32)43(36(33)24-31)37-15-8-9-22-40-37/h6-24,26,34H,25H2,1-5H3. The number of amidine groups is 1. The predicted molar refractivity (Wildman–Crippen MR) is 183 cm³/mol. The monoisotopic (exact) mass is 578 g/mol. The van der Waals surface area contributed by atoms with Gasteiger partial charge in [-0.25, -0.2) is 4.98 Å². The molecule has 0 aliphatic carbocycles. The van der Waals surface area contributed by atoms with Gasteiger partial charge in [-0.3, -0.25) is 9.56 Å². The van der Waals surface area contributed by atoms with Crippen LogP contribution in [0.1, 0.15) is 45.7 Å². The minimum atomic E-state index is 0.113. The average Bonchev–Trinajstić information content (AvgIpc) is 3.62. The van der Waals surface area contributed by atoms with Crippen LogP contribution in [-0.4, -0.2) is 28.0 Å². The van der Waals surface area contributed by atoms with Crippen LogP contribution in [0.3, 0.4) is 0 Å². The van der Waals surface area contributed by atoms with Crippen LogP contribution in [0.2, 0.25) is 0 Å². The molecule has 220 valence electrons. The van der Waals surface area contributed by atoms with Crippen LogP contribution in [0.4, 0.5) is 5.69 Å². The van der Waals surface area contributed by atoms with Gasteiger partial charge in [0.25, 0.3) is 0 Å². The van der Waals surface area contributed by atoms with E-state index in [0.29, 0.717) is 5.92 Å². The van der Waals surface area contributed by atoms with E-state index < -0.39 is 0 Å². The summed E-state index contributed by atoms with van der Waals surface area (Å²) in [6.45, 7) is 12.1. The molecule has 0 bridgehead atoms. The molecule has 2 aromatic heterocycles. The first kappa shape index (κ1) is 27.9. The van der Waals surface area contributed by atoms with Crippen molar-refractivity contribution in [2.45, 2.75) is 46.1 Å². The lowest BCUT2D eigenvalue weighted by atomic mass is 9.87. The minimum Gasteiger partial charge on any atom is -0.457 e. The zero-order chi connectivity index (χ0) is 30.4. The maximum Gasteiger partial charge on any atom is 0.137 e. The van der Waals surface area contributed by atoms with Crippen LogP contribution in [0.25, 0.3) is 27.6 Å². The number of aromatic nitrogens is 2. The Morgan fingerprint density at radius 1 is 0.750 bits per heavy atom. The number of hydrogen-bond acceptors (Lipinski definition) is 4. The number of aliphatic imine (C=N–C) groups is 1. The van der Waals surface area contributed by atoms with Crippen LogP contribution < -0.4 is 9.64 Å². The van der Waals surface area contributed by atoms with Crippen molar-refractivity contribution in [3.8, 4) is 17.3 Å². The van der Waals surface area contributed by atoms with Crippen LogP contribution in [0.5, 0.6) is 11.5 Å². The summed E-state index contributed by atoms with van der Waals surface area (Å²) in [6.07, 6.45) is 1.83. The lowest BCUT2D eigenvalue weighted by Gasteiger charge is -2.24. The molecular formula is C39H38N4O. The van der Waals surface area contributed by atoms with Crippen molar-refractivity contribution in [2.75, 3.05) is 11.4 Å². The Kier molecular flexibility index (Phi) is 6.97. The minimum absolute atomic E-state index is 0.113. The van der Waals surface area contributed by atoms with Crippen LogP contribution in [0.15, 0.2) is 120 Å². The van der Waals surface area contributed by atoms with Gasteiger partial charge in [-0.2, -0.15) is 0 Å². The highest BCUT2D eigenvalue weighted by Crippen LogP contribution is 2.36. The highest BCUT2D eigenvalue weighted by atomic mass is 16.5. The number of pyridine rings is 1. The van der Waals surface area contributed by atoms with Gasteiger partial charge in [0.05, 0.1) is 17.1 Å². The first-order valence-electron chi connectivity index (χ1n) is 15.4. The van der Waals surface area contributed by atoms with E-state index in [2.05, 4.69) is 134 Å². The largest absolute Gasteiger partial charge is 0.457 e. The third kappa shape index (κ3) is 5.13. The Labute approximate surface area is 259 Å². The molecule has 5 heteroatoms. The number of fused-ring (bicyclic) bond motifs is 3. The molecule has 1 aliphatic rings. The fraction of sp³-hybridized carbons (Fsp3) is 0.231. The molecule has 1 atom stereocenters. The fourth-order valence-electron chi connectivity index (χ4n) is 6.08. The molecule has 0 spiro atoms. The van der Waals surface area contributed by atoms with Crippen LogP contribution in [-0.2, 0) is 5.41 Å². The number of anilines is 1. The molecule has 0 saturated carbocycles. The summed E-state index contributed by atoms with van der Waals surface area (Å²) < 4.78 is 8.74. The maximum absolute atomic E-state index is 6.53. The summed E-state index contributed by atoms with van der Waals surface area (Å²) in [7, 11) is 0. The fourth-order valence-corrected chi connectivity index (χ4v) is 6.08. The molecule has 0 fully saturated rings. The molecule has 7 rings (SSSR count). The molecular weight excluding hydrogens is 540 g/mol. The number of hydrogen-bond donors (Lipinski definition) is 0. The number of benzene rings is 4. The Morgan fingerprint density at radius 2 is 1.50 bits per heavy atom. The first-order valence-corrected chi connectivity index (χ1v) is 15.4. The van der Waals surface area contributed by atoms with Gasteiger partial charge in [0.2, 0.25) is 0 Å². The summed E-state index contributed by atoms with van der Waals surface area (Å²) in [5, 5.41) is 2.36. The molecule has 3 heterocycles. The smallest absolute Gasteiger partial charge is 0.137 e. The zero-order valence-electron chi connectivity index (χ0n) is 26.0. The molecule has 0 radical (unpaired) electrons. The van der Waals surface area contributed by atoms with Crippen LogP contribution in [0, 0.1) is 5.92 Å². The summed E-state index contributed by atoms with van der Waals surface area (Å²) in [6, 6.07) is 38.3. The lowest BCUT2D eigenvalue weighted by Crippen LogP contribution is -2.31. The van der Waals surface area contributed by atoms with Gasteiger partial charge < -0.3 is 9.64 Å². The quantitative estimate of drug-likeness (QED) is 0.198. The van der Waals surface area contributed by atoms with E-state index in [0.717, 1.165) is 46.3 Å². The molecule has 0 amide bonds. The number of rotatable bonds is 6. The maximum atomic E-state index is 6.53. The van der Waals surface area contributed by atoms with Gasteiger partial charge in [0.1, 0.15) is 23.2 Å². The molecule has 5 nitrogen and oxygen atoms in total. The Morgan fingerprint density at radius 3 is 2.25 bits per heavy atom. The van der Waals surface area contributed by atoms with E-state index in [1.165, 1.54) is 22.0 Å². The SMILES string of the molecule is CC(C)C1CN(c2ccc(C(C)(C)C)cc2)C(c2cccc(Oc3ccc4c5ccccc5n(-c5ccccn5)c4c3)c2)=N1. The number of para-hydroxylation sites is 1. The van der Waals surface area contributed by atoms with Gasteiger partial charge in [-0.1, -0.05) is 83.1 Å². The summed E-state index contributed by atoms with van der Waals surface area (Å²) >= 11 is 0. The summed E-state index contributed by atoms with van der Waals surface area (Å²) in [4.78, 5) is 12.2. The molecule has 44 heavy (non-hydrogen) atoms. The Balaban J connectivity index is 1.24. The number of nitrogens with zero attached hydrogens (tertiary/aromatic N) is 4. The second-order valence-corrected chi connectivity index (χ2v) is 13.0. The highest BCUT2D eigenvalue weighted by Gasteiger charge is 2.29. The van der Waals surface area contributed by atoms with E-state index >= 15 is 0 Å². The van der Waals surface area contributed by atoms with Gasteiger partial charge in [-0.15, -0.1) is 0 Å². The summed E-state index contributed by atoms with van der Waals surface area (Å²) in [5.41, 5.74) is 5.84. The normalized spacial score (nSPS) is 15.4. The van der Waals surface area contributed by atoms with Gasteiger partial charge in [0.15, 0.2) is 0 Å².